The summed E-state index contributed by atoms with van der Waals surface area (Å²) in [5, 5.41) is 9.02. The first-order chi connectivity index (χ1) is 15.1. The van der Waals surface area contributed by atoms with E-state index in [1.165, 1.54) is 10.8 Å². The van der Waals surface area contributed by atoms with E-state index in [0.29, 0.717) is 26.1 Å². The van der Waals surface area contributed by atoms with Gasteiger partial charge in [-0.25, -0.2) is 0 Å². The van der Waals surface area contributed by atoms with E-state index in [2.05, 4.69) is 41.0 Å². The Hall–Kier alpha value is -2.93. The normalized spacial score (nSPS) is 23.6. The molecule has 0 radical (unpaired) electrons. The van der Waals surface area contributed by atoms with E-state index in [1.54, 1.807) is 0 Å². The molecule has 0 spiro atoms. The molecule has 1 amide bonds. The number of fused-ring (bicyclic) bond motifs is 1. The molecule has 0 bridgehead atoms. The molecule has 4 N–H and O–H groups in total. The summed E-state index contributed by atoms with van der Waals surface area (Å²) >= 11 is 0. The standard InChI is InChI=1S/C25H28N4O2/c26-25(12-13-29(24(25)30)15-21-14-27-17-28-21)20-8-10-22(11-9-20)31-16-19-6-3-5-18-4-1-2-7-23(18)19/h1-11,21,27-28H,12-17,26H2. The van der Waals surface area contributed by atoms with Crippen LogP contribution in [0.1, 0.15) is 17.5 Å². The van der Waals surface area contributed by atoms with Crippen LogP contribution in [0.2, 0.25) is 0 Å². The van der Waals surface area contributed by atoms with E-state index in [0.717, 1.165) is 30.1 Å². The molecule has 2 heterocycles. The monoisotopic (exact) mass is 416 g/mol. The minimum absolute atomic E-state index is 0.00521. The maximum Gasteiger partial charge on any atom is 0.247 e. The van der Waals surface area contributed by atoms with Gasteiger partial charge in [-0.2, -0.15) is 0 Å². The molecule has 6 nitrogen and oxygen atoms in total. The average Bonchev–Trinajstić information content (AvgIpc) is 3.42. The highest BCUT2D eigenvalue weighted by atomic mass is 16.5. The quantitative estimate of drug-likeness (QED) is 0.575. The third-order valence-electron chi connectivity index (χ3n) is 6.44. The van der Waals surface area contributed by atoms with Crippen molar-refractivity contribution < 1.29 is 9.53 Å². The van der Waals surface area contributed by atoms with Crippen molar-refractivity contribution in [3.8, 4) is 5.75 Å². The Kier molecular flexibility index (Phi) is 5.36. The van der Waals surface area contributed by atoms with Crippen LogP contribution < -0.4 is 21.1 Å². The Balaban J connectivity index is 1.26. The molecule has 0 saturated carbocycles. The fourth-order valence-corrected chi connectivity index (χ4v) is 4.60. The Morgan fingerprint density at radius 3 is 2.68 bits per heavy atom. The van der Waals surface area contributed by atoms with Crippen LogP contribution in [0.4, 0.5) is 0 Å². The number of carbonyl (C=O) groups excluding carboxylic acids is 1. The third-order valence-corrected chi connectivity index (χ3v) is 6.44. The summed E-state index contributed by atoms with van der Waals surface area (Å²) in [5.41, 5.74) is 7.63. The van der Waals surface area contributed by atoms with Crippen molar-refractivity contribution in [3.05, 3.63) is 77.9 Å². The maximum absolute atomic E-state index is 13.1. The number of rotatable bonds is 6. The fraction of sp³-hybridized carbons (Fsp3) is 0.320. The number of nitrogens with two attached hydrogens (primary N) is 1. The summed E-state index contributed by atoms with van der Waals surface area (Å²) in [5.74, 6) is 0.773. The highest BCUT2D eigenvalue weighted by molar-refractivity contribution is 5.89. The van der Waals surface area contributed by atoms with E-state index in [4.69, 9.17) is 10.5 Å². The first-order valence-electron chi connectivity index (χ1n) is 10.9. The van der Waals surface area contributed by atoms with Crippen molar-refractivity contribution in [2.45, 2.75) is 24.6 Å². The third kappa shape index (κ3) is 3.90. The van der Waals surface area contributed by atoms with Crippen molar-refractivity contribution in [1.29, 1.82) is 0 Å². The van der Waals surface area contributed by atoms with Crippen LogP contribution in [0.5, 0.6) is 5.75 Å². The van der Waals surface area contributed by atoms with Gasteiger partial charge in [-0.1, -0.05) is 54.6 Å². The van der Waals surface area contributed by atoms with Gasteiger partial charge in [0.15, 0.2) is 0 Å². The Morgan fingerprint density at radius 2 is 1.87 bits per heavy atom. The van der Waals surface area contributed by atoms with E-state index >= 15 is 0 Å². The van der Waals surface area contributed by atoms with Crippen molar-refractivity contribution in [2.75, 3.05) is 26.3 Å². The average molecular weight is 417 g/mol. The molecule has 3 aromatic rings. The topological polar surface area (TPSA) is 79.6 Å². The van der Waals surface area contributed by atoms with Crippen molar-refractivity contribution in [1.82, 2.24) is 15.5 Å². The molecule has 0 aromatic heterocycles. The lowest BCUT2D eigenvalue weighted by Crippen LogP contribution is -2.48. The maximum atomic E-state index is 13.1. The zero-order chi connectivity index (χ0) is 21.3. The summed E-state index contributed by atoms with van der Waals surface area (Å²) in [6, 6.07) is 22.5. The van der Waals surface area contributed by atoms with Gasteiger partial charge in [-0.05, 0) is 40.5 Å². The molecular weight excluding hydrogens is 388 g/mol. The Labute approximate surface area is 182 Å². The molecule has 2 aliphatic rings. The van der Waals surface area contributed by atoms with Crippen molar-refractivity contribution in [3.63, 3.8) is 0 Å². The summed E-state index contributed by atoms with van der Waals surface area (Å²) in [6.07, 6.45) is 0.627. The lowest BCUT2D eigenvalue weighted by molar-refractivity contribution is -0.132. The van der Waals surface area contributed by atoms with E-state index in [-0.39, 0.29) is 11.9 Å². The number of amides is 1. The minimum atomic E-state index is -0.958. The van der Waals surface area contributed by atoms with Gasteiger partial charge in [0.2, 0.25) is 5.91 Å². The molecule has 2 unspecified atom stereocenters. The number of likely N-dealkylation sites (tertiary alicyclic amines) is 1. The summed E-state index contributed by atoms with van der Waals surface area (Å²) in [4.78, 5) is 14.9. The SMILES string of the molecule is NC1(c2ccc(OCc3cccc4ccccc34)cc2)CCN(CC2CNCN2)C1=O. The van der Waals surface area contributed by atoms with Gasteiger partial charge in [-0.3, -0.25) is 10.1 Å². The molecular formula is C25H28N4O2. The Morgan fingerprint density at radius 1 is 1.06 bits per heavy atom. The number of ether oxygens (including phenoxy) is 1. The molecule has 2 fully saturated rings. The van der Waals surface area contributed by atoms with Gasteiger partial charge in [0.1, 0.15) is 17.9 Å². The predicted molar refractivity (Wildman–Crippen MR) is 122 cm³/mol. The molecule has 5 rings (SSSR count). The smallest absolute Gasteiger partial charge is 0.247 e. The van der Waals surface area contributed by atoms with Gasteiger partial charge in [0.25, 0.3) is 0 Å². The second-order valence-electron chi connectivity index (χ2n) is 8.46. The lowest BCUT2D eigenvalue weighted by atomic mass is 9.89. The molecule has 0 aliphatic carbocycles. The fourth-order valence-electron chi connectivity index (χ4n) is 4.60. The van der Waals surface area contributed by atoms with Gasteiger partial charge in [0, 0.05) is 32.3 Å². The highest BCUT2D eigenvalue weighted by Gasteiger charge is 2.45. The highest BCUT2D eigenvalue weighted by Crippen LogP contribution is 2.32. The molecule has 6 heteroatoms. The van der Waals surface area contributed by atoms with Crippen LogP contribution in [0.3, 0.4) is 0 Å². The number of carbonyl (C=O) groups is 1. The van der Waals surface area contributed by atoms with Gasteiger partial charge in [-0.15, -0.1) is 0 Å². The molecule has 3 aromatic carbocycles. The van der Waals surface area contributed by atoms with Gasteiger partial charge in [0.05, 0.1) is 0 Å². The zero-order valence-corrected chi connectivity index (χ0v) is 17.5. The molecule has 2 aliphatic heterocycles. The van der Waals surface area contributed by atoms with Crippen LogP contribution in [-0.2, 0) is 16.9 Å². The number of nitrogens with one attached hydrogen (secondary N) is 2. The van der Waals surface area contributed by atoms with Crippen LogP contribution >= 0.6 is 0 Å². The molecule has 2 atom stereocenters. The Bertz CT molecular complexity index is 1070. The number of nitrogens with zero attached hydrogens (tertiary/aromatic N) is 1. The van der Waals surface area contributed by atoms with E-state index in [9.17, 15) is 4.79 Å². The first kappa shape index (κ1) is 20.0. The number of hydrogen-bond acceptors (Lipinski definition) is 5. The van der Waals surface area contributed by atoms with Crippen LogP contribution in [0, 0.1) is 0 Å². The molecule has 160 valence electrons. The van der Waals surface area contributed by atoms with Crippen molar-refractivity contribution in [2.24, 2.45) is 5.73 Å². The number of hydrogen-bond donors (Lipinski definition) is 3. The van der Waals surface area contributed by atoms with Gasteiger partial charge >= 0.3 is 0 Å². The summed E-state index contributed by atoms with van der Waals surface area (Å²) < 4.78 is 6.04. The zero-order valence-electron chi connectivity index (χ0n) is 17.5. The lowest BCUT2D eigenvalue weighted by Gasteiger charge is -2.25. The van der Waals surface area contributed by atoms with Crippen LogP contribution in [0.15, 0.2) is 66.7 Å². The summed E-state index contributed by atoms with van der Waals surface area (Å²) in [6.45, 7) is 3.54. The molecule has 31 heavy (non-hydrogen) atoms. The second-order valence-corrected chi connectivity index (χ2v) is 8.46. The predicted octanol–water partition coefficient (Wildman–Crippen LogP) is 2.32. The minimum Gasteiger partial charge on any atom is -0.489 e. The van der Waals surface area contributed by atoms with E-state index < -0.39 is 5.54 Å². The van der Waals surface area contributed by atoms with E-state index in [1.807, 2.05) is 41.3 Å². The second kappa shape index (κ2) is 8.30. The summed E-state index contributed by atoms with van der Waals surface area (Å²) in [7, 11) is 0. The number of benzene rings is 3. The molecule has 2 saturated heterocycles. The van der Waals surface area contributed by atoms with Crippen molar-refractivity contribution >= 4 is 16.7 Å². The van der Waals surface area contributed by atoms with Crippen LogP contribution in [-0.4, -0.2) is 43.2 Å². The van der Waals surface area contributed by atoms with Gasteiger partial charge < -0.3 is 20.7 Å². The first-order valence-corrected chi connectivity index (χ1v) is 10.9. The largest absolute Gasteiger partial charge is 0.489 e. The van der Waals surface area contributed by atoms with Crippen LogP contribution in [0.25, 0.3) is 10.8 Å².